The maximum absolute atomic E-state index is 2.53. The predicted molar refractivity (Wildman–Crippen MR) is 109 cm³/mol. The lowest BCUT2D eigenvalue weighted by Gasteiger charge is -2.41. The van der Waals surface area contributed by atoms with Crippen molar-refractivity contribution in [3.8, 4) is 11.1 Å². The van der Waals surface area contributed by atoms with Crippen molar-refractivity contribution in [2.75, 3.05) is 0 Å². The monoisotopic (exact) mass is 338 g/mol. The van der Waals surface area contributed by atoms with Crippen LogP contribution >= 0.6 is 0 Å². The van der Waals surface area contributed by atoms with E-state index in [2.05, 4.69) is 87.8 Å². The van der Waals surface area contributed by atoms with Crippen molar-refractivity contribution in [2.45, 2.75) is 56.8 Å². The summed E-state index contributed by atoms with van der Waals surface area (Å²) in [5.41, 5.74) is 6.43. The molecule has 0 atom stereocenters. The Morgan fingerprint density at radius 3 is 1.30 bits per heavy atom. The molecule has 2 aromatic rings. The summed E-state index contributed by atoms with van der Waals surface area (Å²) in [6.45, 7) is 15.2. The highest BCUT2D eigenvalue weighted by Crippen LogP contribution is 2.56. The number of hydrogen-bond acceptors (Lipinski definition) is 0. The molecule has 0 amide bonds. The third kappa shape index (κ3) is 3.11. The van der Waals surface area contributed by atoms with Crippen LogP contribution in [0.4, 0.5) is 0 Å². The average Bonchev–Trinajstić information content (AvgIpc) is 2.67. The van der Waals surface area contributed by atoms with Crippen LogP contribution < -0.4 is 0 Å². The second-order valence-electron chi connectivity index (χ2n) is 9.65. The highest BCUT2D eigenvalue weighted by molar-refractivity contribution is 6.78. The van der Waals surface area contributed by atoms with Gasteiger partial charge in [0.1, 0.15) is 0 Å². The Bertz CT molecular complexity index is 654. The van der Waals surface area contributed by atoms with Gasteiger partial charge in [0, 0.05) is 21.6 Å². The second-order valence-corrected chi connectivity index (χ2v) is 20.6. The topological polar surface area (TPSA) is 0 Å². The third-order valence-electron chi connectivity index (χ3n) is 4.84. The molecule has 2 heteroatoms. The Labute approximate surface area is 144 Å². The molecule has 122 valence electrons. The van der Waals surface area contributed by atoms with Gasteiger partial charge in [-0.2, -0.15) is 0 Å². The van der Waals surface area contributed by atoms with E-state index in [-0.39, 0.29) is 5.41 Å². The van der Waals surface area contributed by atoms with Crippen LogP contribution in [0.25, 0.3) is 11.1 Å². The van der Waals surface area contributed by atoms with Crippen molar-refractivity contribution in [3.05, 3.63) is 59.7 Å². The number of rotatable bonds is 4. The van der Waals surface area contributed by atoms with Gasteiger partial charge in [0.15, 0.2) is 0 Å². The van der Waals surface area contributed by atoms with Crippen molar-refractivity contribution < 1.29 is 0 Å². The molecule has 0 radical (unpaired) electrons. The Morgan fingerprint density at radius 2 is 0.957 bits per heavy atom. The molecule has 0 nitrogen and oxygen atoms in total. The first-order valence-corrected chi connectivity index (χ1v) is 16.2. The lowest BCUT2D eigenvalue weighted by molar-refractivity contribution is 0.635. The van der Waals surface area contributed by atoms with Gasteiger partial charge in [-0.05, 0) is 34.3 Å². The molecule has 3 rings (SSSR count). The van der Waals surface area contributed by atoms with E-state index in [1.807, 2.05) is 0 Å². The summed E-state index contributed by atoms with van der Waals surface area (Å²) in [4.78, 5) is 0. The Morgan fingerprint density at radius 1 is 0.609 bits per heavy atom. The number of benzene rings is 2. The Hall–Kier alpha value is -1.13. The summed E-state index contributed by atoms with van der Waals surface area (Å²) in [7, 11) is -2.42. The predicted octanol–water partition coefficient (Wildman–Crippen LogP) is 6.63. The fourth-order valence-electron chi connectivity index (χ4n) is 4.67. The fourth-order valence-corrected chi connectivity index (χ4v) is 9.55. The van der Waals surface area contributed by atoms with Gasteiger partial charge in [-0.3, -0.25) is 0 Å². The Kier molecular flexibility index (Phi) is 3.97. The van der Waals surface area contributed by atoms with Gasteiger partial charge >= 0.3 is 0 Å². The number of hydrogen-bond donors (Lipinski definition) is 0. The van der Waals surface area contributed by atoms with Gasteiger partial charge in [0.05, 0.1) is 0 Å². The lowest BCUT2D eigenvalue weighted by atomic mass is 9.81. The summed E-state index contributed by atoms with van der Waals surface area (Å²) >= 11 is 0. The molecule has 0 heterocycles. The van der Waals surface area contributed by atoms with Gasteiger partial charge < -0.3 is 0 Å². The lowest BCUT2D eigenvalue weighted by Crippen LogP contribution is -2.41. The summed E-state index contributed by atoms with van der Waals surface area (Å²) in [5.74, 6) is 0. The quantitative estimate of drug-likeness (QED) is 0.549. The first-order chi connectivity index (χ1) is 10.6. The van der Waals surface area contributed by atoms with E-state index in [1.165, 1.54) is 23.2 Å². The van der Waals surface area contributed by atoms with E-state index in [4.69, 9.17) is 0 Å². The van der Waals surface area contributed by atoms with Crippen molar-refractivity contribution >= 4 is 16.1 Å². The summed E-state index contributed by atoms with van der Waals surface area (Å²) in [6.07, 6.45) is 0. The van der Waals surface area contributed by atoms with Gasteiger partial charge in [0.25, 0.3) is 0 Å². The zero-order valence-electron chi connectivity index (χ0n) is 15.5. The fraction of sp³-hybridized carbons (Fsp3) is 0.429. The molecule has 1 aliphatic rings. The SMILES string of the molecule is C[Si](C)(C)CC1(C[Si](C)(C)C)c2ccccc2-c2ccccc21. The highest BCUT2D eigenvalue weighted by atomic mass is 28.3. The van der Waals surface area contributed by atoms with Crippen molar-refractivity contribution in [2.24, 2.45) is 0 Å². The maximum Gasteiger partial charge on any atom is 0.0454 e. The van der Waals surface area contributed by atoms with Crippen LogP contribution in [0.3, 0.4) is 0 Å². The van der Waals surface area contributed by atoms with Crippen molar-refractivity contribution in [1.29, 1.82) is 0 Å². The summed E-state index contributed by atoms with van der Waals surface area (Å²) in [5, 5.41) is 0. The molecule has 0 bridgehead atoms. The molecule has 0 spiro atoms. The van der Waals surface area contributed by atoms with E-state index < -0.39 is 16.1 Å². The normalized spacial score (nSPS) is 16.1. The molecule has 0 saturated heterocycles. The molecule has 2 aromatic carbocycles. The van der Waals surface area contributed by atoms with Crippen LogP contribution in [-0.2, 0) is 5.41 Å². The van der Waals surface area contributed by atoms with E-state index in [9.17, 15) is 0 Å². The maximum atomic E-state index is 2.53. The minimum Gasteiger partial charge on any atom is -0.0695 e. The standard InChI is InChI=1S/C21H30Si2/c1-22(2,3)15-21(16-23(4,5)6)19-13-9-7-11-17(19)18-12-8-10-14-20(18)21/h7-14H,15-16H2,1-6H3. The van der Waals surface area contributed by atoms with Gasteiger partial charge in [-0.25, -0.2) is 0 Å². The second kappa shape index (κ2) is 5.46. The van der Waals surface area contributed by atoms with Crippen molar-refractivity contribution in [1.82, 2.24) is 0 Å². The van der Waals surface area contributed by atoms with Crippen LogP contribution in [0, 0.1) is 0 Å². The van der Waals surface area contributed by atoms with E-state index in [0.29, 0.717) is 0 Å². The minimum absolute atomic E-state index is 0.252. The molecule has 0 saturated carbocycles. The van der Waals surface area contributed by atoms with Gasteiger partial charge in [-0.1, -0.05) is 87.8 Å². The van der Waals surface area contributed by atoms with Crippen LogP contribution in [0.15, 0.2) is 48.5 Å². The smallest absolute Gasteiger partial charge is 0.0454 e. The molecule has 0 aromatic heterocycles. The van der Waals surface area contributed by atoms with Crippen LogP contribution in [0.1, 0.15) is 11.1 Å². The molecule has 1 aliphatic carbocycles. The third-order valence-corrected chi connectivity index (χ3v) is 8.17. The van der Waals surface area contributed by atoms with Crippen LogP contribution in [0.2, 0.25) is 51.4 Å². The first kappa shape index (κ1) is 16.7. The highest BCUT2D eigenvalue weighted by Gasteiger charge is 2.47. The average molecular weight is 339 g/mol. The first-order valence-electron chi connectivity index (χ1n) is 8.82. The van der Waals surface area contributed by atoms with Crippen LogP contribution in [-0.4, -0.2) is 16.1 Å². The minimum atomic E-state index is -1.21. The summed E-state index contributed by atoms with van der Waals surface area (Å²) < 4.78 is 0. The molecule has 0 aliphatic heterocycles. The molecule has 0 unspecified atom stereocenters. The molecule has 0 N–H and O–H groups in total. The van der Waals surface area contributed by atoms with E-state index in [0.717, 1.165) is 0 Å². The van der Waals surface area contributed by atoms with E-state index in [1.54, 1.807) is 11.1 Å². The van der Waals surface area contributed by atoms with Gasteiger partial charge in [-0.15, -0.1) is 0 Å². The van der Waals surface area contributed by atoms with E-state index >= 15 is 0 Å². The zero-order chi connectivity index (χ0) is 16.9. The zero-order valence-corrected chi connectivity index (χ0v) is 17.5. The molecular weight excluding hydrogens is 308 g/mol. The van der Waals surface area contributed by atoms with Crippen molar-refractivity contribution in [3.63, 3.8) is 0 Å². The molecule has 23 heavy (non-hydrogen) atoms. The summed E-state index contributed by atoms with van der Waals surface area (Å²) in [6, 6.07) is 21.1. The number of fused-ring (bicyclic) bond motifs is 3. The van der Waals surface area contributed by atoms with Crippen LogP contribution in [0.5, 0.6) is 0 Å². The van der Waals surface area contributed by atoms with Gasteiger partial charge in [0.2, 0.25) is 0 Å². The molecular formula is C21H30Si2. The Balaban J connectivity index is 2.29. The molecule has 0 fully saturated rings. The largest absolute Gasteiger partial charge is 0.0695 e.